The van der Waals surface area contributed by atoms with Gasteiger partial charge in [0.25, 0.3) is 5.97 Å². The van der Waals surface area contributed by atoms with Crippen molar-refractivity contribution < 1.29 is 15.0 Å². The van der Waals surface area contributed by atoms with Gasteiger partial charge in [-0.2, -0.15) is 0 Å². The number of hydrogen-bond donors (Lipinski definition) is 2. The Labute approximate surface area is 85.0 Å². The monoisotopic (exact) mass is 198 g/mol. The topological polar surface area (TPSA) is 57.5 Å². The number of aliphatic hydroxyl groups excluding tert-OH is 1. The number of rotatable bonds is 0. The molecule has 0 saturated heterocycles. The van der Waals surface area contributed by atoms with E-state index < -0.39 is 5.97 Å². The highest BCUT2D eigenvalue weighted by Gasteiger charge is 1.83. The molecule has 3 nitrogen and oxygen atoms in total. The Bertz CT molecular complexity index is 231. The van der Waals surface area contributed by atoms with Gasteiger partial charge >= 0.3 is 0 Å². The Morgan fingerprint density at radius 1 is 1.07 bits per heavy atom. The summed E-state index contributed by atoms with van der Waals surface area (Å²) in [4.78, 5) is 9.00. The number of benzene rings is 1. The van der Waals surface area contributed by atoms with Crippen LogP contribution in [0.4, 0.5) is 0 Å². The van der Waals surface area contributed by atoms with Gasteiger partial charge in [0.05, 0.1) is 0 Å². The average molecular weight is 198 g/mol. The molecule has 0 spiro atoms. The predicted molar refractivity (Wildman–Crippen MR) is 57.4 cm³/mol. The molecule has 0 atom stereocenters. The molecule has 0 unspecified atom stereocenters. The number of aliphatic hydroxyl groups is 1. The number of hydrogen-bond acceptors (Lipinski definition) is 2. The van der Waals surface area contributed by atoms with E-state index in [0.29, 0.717) is 0 Å². The van der Waals surface area contributed by atoms with E-state index >= 15 is 0 Å². The molecule has 1 aromatic carbocycles. The number of carbonyl (C=O) groups is 1. The maximum Gasteiger partial charge on any atom is 0.300 e. The molecular formula is C11H18O3. The van der Waals surface area contributed by atoms with Gasteiger partial charge in [-0.15, -0.1) is 0 Å². The van der Waals surface area contributed by atoms with Crippen LogP contribution in [-0.4, -0.2) is 23.3 Å². The van der Waals surface area contributed by atoms with Crippen LogP contribution in [0, 0.1) is 13.8 Å². The molecular weight excluding hydrogens is 180 g/mol. The molecule has 0 bridgehead atoms. The number of aliphatic carboxylic acids is 1. The van der Waals surface area contributed by atoms with Gasteiger partial charge in [0.15, 0.2) is 0 Å². The van der Waals surface area contributed by atoms with E-state index in [9.17, 15) is 0 Å². The molecule has 14 heavy (non-hydrogen) atoms. The van der Waals surface area contributed by atoms with Crippen LogP contribution < -0.4 is 0 Å². The molecule has 0 fully saturated rings. The van der Waals surface area contributed by atoms with Crippen molar-refractivity contribution in [3.63, 3.8) is 0 Å². The lowest BCUT2D eigenvalue weighted by atomic mass is 10.1. The molecule has 1 aromatic rings. The van der Waals surface area contributed by atoms with Crippen LogP contribution in [0.5, 0.6) is 0 Å². The maximum absolute atomic E-state index is 9.00. The van der Waals surface area contributed by atoms with Crippen LogP contribution in [0.3, 0.4) is 0 Å². The average Bonchev–Trinajstić information content (AvgIpc) is 2.13. The van der Waals surface area contributed by atoms with Gasteiger partial charge in [0, 0.05) is 14.0 Å². The zero-order valence-corrected chi connectivity index (χ0v) is 9.11. The molecule has 80 valence electrons. The second-order valence-electron chi connectivity index (χ2n) is 2.60. The van der Waals surface area contributed by atoms with Crippen LogP contribution >= 0.6 is 0 Å². The summed E-state index contributed by atoms with van der Waals surface area (Å²) in [7, 11) is 1.00. The molecule has 0 aliphatic carbocycles. The molecule has 0 amide bonds. The van der Waals surface area contributed by atoms with Crippen molar-refractivity contribution in [1.29, 1.82) is 0 Å². The Balaban J connectivity index is 0. The van der Waals surface area contributed by atoms with Gasteiger partial charge < -0.3 is 10.2 Å². The Morgan fingerprint density at radius 2 is 1.29 bits per heavy atom. The smallest absolute Gasteiger partial charge is 0.300 e. The van der Waals surface area contributed by atoms with Gasteiger partial charge in [-0.05, 0) is 25.0 Å². The van der Waals surface area contributed by atoms with E-state index in [4.69, 9.17) is 15.0 Å². The van der Waals surface area contributed by atoms with Crippen LogP contribution in [0.15, 0.2) is 24.3 Å². The van der Waals surface area contributed by atoms with Crippen LogP contribution in [0.25, 0.3) is 0 Å². The van der Waals surface area contributed by atoms with Crippen molar-refractivity contribution in [3.8, 4) is 0 Å². The fourth-order valence-electron chi connectivity index (χ4n) is 0.663. The molecule has 1 rings (SSSR count). The maximum atomic E-state index is 9.00. The highest BCUT2D eigenvalue weighted by Crippen LogP contribution is 2.02. The molecule has 0 saturated carbocycles. The quantitative estimate of drug-likeness (QED) is 0.670. The lowest BCUT2D eigenvalue weighted by molar-refractivity contribution is -0.134. The van der Waals surface area contributed by atoms with Crippen molar-refractivity contribution in [2.24, 2.45) is 0 Å². The van der Waals surface area contributed by atoms with Gasteiger partial charge in [-0.25, -0.2) is 0 Å². The molecule has 0 aromatic heterocycles. The minimum atomic E-state index is -0.833. The molecule has 3 heteroatoms. The first-order chi connectivity index (χ1) is 6.54. The Hall–Kier alpha value is -1.35. The minimum absolute atomic E-state index is 0.833. The summed E-state index contributed by atoms with van der Waals surface area (Å²) in [6, 6.07) is 8.36. The number of carboxylic acids is 1. The van der Waals surface area contributed by atoms with Crippen LogP contribution in [-0.2, 0) is 4.79 Å². The van der Waals surface area contributed by atoms with E-state index in [1.54, 1.807) is 0 Å². The van der Waals surface area contributed by atoms with E-state index in [1.807, 2.05) is 0 Å². The largest absolute Gasteiger partial charge is 0.481 e. The predicted octanol–water partition coefficient (Wildman–Crippen LogP) is 2.00. The Morgan fingerprint density at radius 3 is 1.43 bits per heavy atom. The van der Waals surface area contributed by atoms with Crippen molar-refractivity contribution in [2.45, 2.75) is 20.8 Å². The normalized spacial score (nSPS) is 7.50. The summed E-state index contributed by atoms with van der Waals surface area (Å²) in [6.45, 7) is 5.32. The molecule has 0 heterocycles. The zero-order chi connectivity index (χ0) is 11.6. The van der Waals surface area contributed by atoms with E-state index in [-0.39, 0.29) is 0 Å². The second kappa shape index (κ2) is 9.74. The fourth-order valence-corrected chi connectivity index (χ4v) is 0.663. The second-order valence-corrected chi connectivity index (χ2v) is 2.60. The molecule has 0 aliphatic heterocycles. The summed E-state index contributed by atoms with van der Waals surface area (Å²) in [5.41, 5.74) is 2.74. The van der Waals surface area contributed by atoms with Crippen LogP contribution in [0.1, 0.15) is 18.1 Å². The lowest BCUT2D eigenvalue weighted by Crippen LogP contribution is -1.78. The standard InChI is InChI=1S/C8H10.C2H4O2.CH4O/c1-7-5-3-4-6-8(7)2;1-2(3)4;1-2/h3-6H,1-2H3;1H3,(H,3,4);2H,1H3. The zero-order valence-electron chi connectivity index (χ0n) is 9.11. The Kier molecular flexibility index (Phi) is 10.5. The summed E-state index contributed by atoms with van der Waals surface area (Å²) in [5, 5.41) is 14.4. The summed E-state index contributed by atoms with van der Waals surface area (Å²) in [5.74, 6) is -0.833. The summed E-state index contributed by atoms with van der Waals surface area (Å²) < 4.78 is 0. The van der Waals surface area contributed by atoms with Crippen molar-refractivity contribution in [1.82, 2.24) is 0 Å². The molecule has 0 aliphatic rings. The summed E-state index contributed by atoms with van der Waals surface area (Å²) >= 11 is 0. The minimum Gasteiger partial charge on any atom is -0.481 e. The number of carboxylic acid groups (broad SMARTS) is 1. The van der Waals surface area contributed by atoms with Gasteiger partial charge in [-0.3, -0.25) is 4.79 Å². The van der Waals surface area contributed by atoms with E-state index in [1.165, 1.54) is 11.1 Å². The van der Waals surface area contributed by atoms with E-state index in [2.05, 4.69) is 38.1 Å². The third kappa shape index (κ3) is 10.7. The summed E-state index contributed by atoms with van der Waals surface area (Å²) in [6.07, 6.45) is 0. The molecule has 2 N–H and O–H groups in total. The number of aryl methyl sites for hydroxylation is 2. The third-order valence-electron chi connectivity index (χ3n) is 1.43. The van der Waals surface area contributed by atoms with E-state index in [0.717, 1.165) is 14.0 Å². The van der Waals surface area contributed by atoms with Crippen molar-refractivity contribution in [3.05, 3.63) is 35.4 Å². The first-order valence-electron chi connectivity index (χ1n) is 4.20. The SMILES string of the molecule is CC(=O)O.CO.Cc1ccccc1C. The fraction of sp³-hybridized carbons (Fsp3) is 0.364. The van der Waals surface area contributed by atoms with Crippen LogP contribution in [0.2, 0.25) is 0 Å². The highest BCUT2D eigenvalue weighted by atomic mass is 16.4. The van der Waals surface area contributed by atoms with Gasteiger partial charge in [0.1, 0.15) is 0 Å². The van der Waals surface area contributed by atoms with Gasteiger partial charge in [-0.1, -0.05) is 24.3 Å². The first-order valence-corrected chi connectivity index (χ1v) is 4.20. The first kappa shape index (κ1) is 15.1. The lowest BCUT2D eigenvalue weighted by Gasteiger charge is -1.93. The van der Waals surface area contributed by atoms with Gasteiger partial charge in [0.2, 0.25) is 0 Å². The third-order valence-corrected chi connectivity index (χ3v) is 1.43. The van der Waals surface area contributed by atoms with Crippen molar-refractivity contribution >= 4 is 5.97 Å². The molecule has 0 radical (unpaired) electrons. The highest BCUT2D eigenvalue weighted by molar-refractivity contribution is 5.62. The van der Waals surface area contributed by atoms with Crippen molar-refractivity contribution in [2.75, 3.05) is 7.11 Å².